The molecule has 2 aromatic rings. The Hall–Kier alpha value is -2.19. The van der Waals surface area contributed by atoms with E-state index < -0.39 is 15.9 Å². The second-order valence-corrected chi connectivity index (χ2v) is 6.01. The molecule has 1 amide bonds. The Bertz CT molecular complexity index is 831. The number of hydrogen-bond donors (Lipinski definition) is 1. The Morgan fingerprint density at radius 1 is 1.24 bits per heavy atom. The number of carbonyl (C=O) groups excluding carboxylic acids is 1. The summed E-state index contributed by atoms with van der Waals surface area (Å²) >= 11 is 5.71. The number of benzene rings is 1. The van der Waals surface area contributed by atoms with Gasteiger partial charge >= 0.3 is 0 Å². The van der Waals surface area contributed by atoms with Crippen LogP contribution in [0.2, 0.25) is 5.15 Å². The third-order valence-electron chi connectivity index (χ3n) is 2.41. The fourth-order valence-corrected chi connectivity index (χ4v) is 2.70. The van der Waals surface area contributed by atoms with Gasteiger partial charge < -0.3 is 5.73 Å². The van der Waals surface area contributed by atoms with Crippen molar-refractivity contribution in [2.24, 2.45) is 10.1 Å². The summed E-state index contributed by atoms with van der Waals surface area (Å²) in [5.41, 5.74) is 5.04. The second kappa shape index (κ2) is 6.06. The molecule has 0 aliphatic carbocycles. The highest BCUT2D eigenvalue weighted by Gasteiger charge is 2.12. The van der Waals surface area contributed by atoms with E-state index in [0.717, 1.165) is 4.68 Å². The molecule has 0 spiro atoms. The van der Waals surface area contributed by atoms with Crippen LogP contribution in [0.5, 0.6) is 0 Å². The van der Waals surface area contributed by atoms with Gasteiger partial charge in [-0.05, 0) is 24.3 Å². The monoisotopic (exact) mass is 326 g/mol. The Morgan fingerprint density at radius 3 is 2.52 bits per heavy atom. The number of rotatable bonds is 4. The van der Waals surface area contributed by atoms with Gasteiger partial charge in [0.25, 0.3) is 10.0 Å². The summed E-state index contributed by atoms with van der Waals surface area (Å²) in [4.78, 5) is 11.0. The van der Waals surface area contributed by atoms with Gasteiger partial charge in [-0.2, -0.15) is 13.5 Å². The molecule has 0 fully saturated rings. The number of halogens is 1. The Kier molecular flexibility index (Phi) is 4.39. The minimum atomic E-state index is -3.92. The summed E-state index contributed by atoms with van der Waals surface area (Å²) in [5.74, 6) is -0.691. The lowest BCUT2D eigenvalue weighted by molar-refractivity contribution is -0.118. The SMILES string of the molecule is NC(=O)Cn1nc(Cl)ccc1=NS(=O)(=O)c1ccccc1. The van der Waals surface area contributed by atoms with Gasteiger partial charge in [0.15, 0.2) is 5.49 Å². The van der Waals surface area contributed by atoms with Crippen LogP contribution in [0.3, 0.4) is 0 Å². The van der Waals surface area contributed by atoms with Crippen LogP contribution < -0.4 is 11.2 Å². The van der Waals surface area contributed by atoms with Crippen molar-refractivity contribution in [2.45, 2.75) is 11.4 Å². The van der Waals surface area contributed by atoms with Crippen LogP contribution in [0.25, 0.3) is 0 Å². The fourth-order valence-electron chi connectivity index (χ4n) is 1.54. The number of sulfonamides is 1. The Labute approximate surface area is 125 Å². The molecule has 2 N–H and O–H groups in total. The van der Waals surface area contributed by atoms with E-state index >= 15 is 0 Å². The highest BCUT2D eigenvalue weighted by molar-refractivity contribution is 7.90. The van der Waals surface area contributed by atoms with Crippen LogP contribution in [-0.4, -0.2) is 24.1 Å². The molecule has 0 saturated heterocycles. The largest absolute Gasteiger partial charge is 0.368 e. The first-order chi connectivity index (χ1) is 9.88. The summed E-state index contributed by atoms with van der Waals surface area (Å²) in [6, 6.07) is 10.4. The maximum absolute atomic E-state index is 12.2. The third kappa shape index (κ3) is 3.89. The molecular formula is C12H11ClN4O3S. The van der Waals surface area contributed by atoms with E-state index in [1.165, 1.54) is 24.3 Å². The summed E-state index contributed by atoms with van der Waals surface area (Å²) in [6.07, 6.45) is 0. The smallest absolute Gasteiger partial charge is 0.284 e. The van der Waals surface area contributed by atoms with Crippen molar-refractivity contribution in [3.63, 3.8) is 0 Å². The number of primary amides is 1. The lowest BCUT2D eigenvalue weighted by Crippen LogP contribution is -2.31. The Morgan fingerprint density at radius 2 is 1.90 bits per heavy atom. The summed E-state index contributed by atoms with van der Waals surface area (Å²) in [5, 5.41) is 3.90. The van der Waals surface area contributed by atoms with E-state index in [-0.39, 0.29) is 22.1 Å². The molecule has 21 heavy (non-hydrogen) atoms. The third-order valence-corrected chi connectivity index (χ3v) is 3.91. The molecule has 0 unspecified atom stereocenters. The number of hydrogen-bond acceptors (Lipinski definition) is 4. The second-order valence-electron chi connectivity index (χ2n) is 4.02. The highest BCUT2D eigenvalue weighted by Crippen LogP contribution is 2.10. The van der Waals surface area contributed by atoms with Crippen LogP contribution in [0.15, 0.2) is 51.8 Å². The molecule has 9 heteroatoms. The predicted octanol–water partition coefficient (Wildman–Crippen LogP) is 0.311. The van der Waals surface area contributed by atoms with Gasteiger partial charge in [-0.25, -0.2) is 4.68 Å². The Balaban J connectivity index is 2.58. The molecule has 0 atom stereocenters. The zero-order valence-electron chi connectivity index (χ0n) is 10.7. The molecule has 2 rings (SSSR count). The van der Waals surface area contributed by atoms with Gasteiger partial charge in [0.05, 0.1) is 4.90 Å². The number of carbonyl (C=O) groups is 1. The molecule has 1 heterocycles. The standard InChI is InChI=1S/C12H11ClN4O3S/c13-10-6-7-12(17(15-10)8-11(14)18)16-21(19,20)9-4-2-1-3-5-9/h1-7H,8H2,(H2,14,18). The summed E-state index contributed by atoms with van der Waals surface area (Å²) in [7, 11) is -3.92. The molecule has 0 bridgehead atoms. The molecule has 0 radical (unpaired) electrons. The molecule has 1 aromatic heterocycles. The van der Waals surface area contributed by atoms with Gasteiger partial charge in [0.2, 0.25) is 5.91 Å². The van der Waals surface area contributed by atoms with Crippen LogP contribution in [0.1, 0.15) is 0 Å². The van der Waals surface area contributed by atoms with E-state index in [1.54, 1.807) is 18.2 Å². The first-order valence-corrected chi connectivity index (χ1v) is 7.58. The van der Waals surface area contributed by atoms with Gasteiger partial charge in [-0.3, -0.25) is 4.79 Å². The van der Waals surface area contributed by atoms with E-state index in [4.69, 9.17) is 17.3 Å². The molecule has 0 aliphatic heterocycles. The number of nitrogens with zero attached hydrogens (tertiary/aromatic N) is 3. The van der Waals surface area contributed by atoms with Crippen LogP contribution in [0, 0.1) is 0 Å². The van der Waals surface area contributed by atoms with E-state index in [9.17, 15) is 13.2 Å². The molecule has 7 nitrogen and oxygen atoms in total. The average molecular weight is 327 g/mol. The van der Waals surface area contributed by atoms with Crippen molar-refractivity contribution in [2.75, 3.05) is 0 Å². The molecule has 0 saturated carbocycles. The topological polar surface area (TPSA) is 107 Å². The summed E-state index contributed by atoms with van der Waals surface area (Å²) in [6.45, 7) is -0.330. The highest BCUT2D eigenvalue weighted by atomic mass is 35.5. The van der Waals surface area contributed by atoms with Crippen molar-refractivity contribution in [1.82, 2.24) is 9.78 Å². The predicted molar refractivity (Wildman–Crippen MR) is 75.6 cm³/mol. The van der Waals surface area contributed by atoms with Gasteiger partial charge in [-0.1, -0.05) is 29.8 Å². The molecule has 1 aromatic carbocycles. The normalized spacial score (nSPS) is 12.3. The van der Waals surface area contributed by atoms with Crippen LogP contribution in [-0.2, 0) is 21.4 Å². The minimum Gasteiger partial charge on any atom is -0.368 e. The lowest BCUT2D eigenvalue weighted by atomic mass is 10.4. The zero-order valence-corrected chi connectivity index (χ0v) is 12.3. The number of aromatic nitrogens is 2. The van der Waals surface area contributed by atoms with Gasteiger partial charge in [0.1, 0.15) is 11.7 Å². The van der Waals surface area contributed by atoms with Crippen LogP contribution in [0.4, 0.5) is 0 Å². The quantitative estimate of drug-likeness (QED) is 0.872. The van der Waals surface area contributed by atoms with Crippen molar-refractivity contribution < 1.29 is 13.2 Å². The maximum Gasteiger partial charge on any atom is 0.284 e. The average Bonchev–Trinajstić information content (AvgIpc) is 2.42. The molecular weight excluding hydrogens is 316 g/mol. The minimum absolute atomic E-state index is 0.0329. The van der Waals surface area contributed by atoms with Crippen molar-refractivity contribution in [1.29, 1.82) is 0 Å². The first-order valence-electron chi connectivity index (χ1n) is 5.76. The first kappa shape index (κ1) is 15.2. The molecule has 0 aliphatic rings. The van der Waals surface area contributed by atoms with E-state index in [1.807, 2.05) is 0 Å². The van der Waals surface area contributed by atoms with Gasteiger partial charge in [-0.15, -0.1) is 4.40 Å². The van der Waals surface area contributed by atoms with E-state index in [0.29, 0.717) is 0 Å². The summed E-state index contributed by atoms with van der Waals surface area (Å²) < 4.78 is 29.0. The van der Waals surface area contributed by atoms with Crippen molar-refractivity contribution in [3.05, 3.63) is 53.1 Å². The van der Waals surface area contributed by atoms with Crippen molar-refractivity contribution in [3.8, 4) is 0 Å². The van der Waals surface area contributed by atoms with Gasteiger partial charge in [0, 0.05) is 0 Å². The van der Waals surface area contributed by atoms with E-state index in [2.05, 4.69) is 9.50 Å². The fraction of sp³-hybridized carbons (Fsp3) is 0.0833. The lowest BCUT2D eigenvalue weighted by Gasteiger charge is -2.04. The van der Waals surface area contributed by atoms with Crippen molar-refractivity contribution >= 4 is 27.5 Å². The zero-order chi connectivity index (χ0) is 15.5. The number of amides is 1. The molecule has 110 valence electrons. The number of nitrogens with two attached hydrogens (primary N) is 1. The van der Waals surface area contributed by atoms with Crippen LogP contribution >= 0.6 is 11.6 Å². The maximum atomic E-state index is 12.2.